The molecular weight excluding hydrogens is 260 g/mol. The van der Waals surface area contributed by atoms with E-state index >= 15 is 0 Å². The van der Waals surface area contributed by atoms with Crippen molar-refractivity contribution in [1.82, 2.24) is 5.32 Å². The summed E-state index contributed by atoms with van der Waals surface area (Å²) in [7, 11) is 0. The van der Waals surface area contributed by atoms with Crippen molar-refractivity contribution in [3.05, 3.63) is 24.3 Å². The largest absolute Gasteiger partial charge is 0.494 e. The maximum Gasteiger partial charge on any atom is 0.170 e. The van der Waals surface area contributed by atoms with Crippen molar-refractivity contribution in [1.29, 1.82) is 0 Å². The average Bonchev–Trinajstić information content (AvgIpc) is 2.92. The first-order valence-corrected chi connectivity index (χ1v) is 7.08. The van der Waals surface area contributed by atoms with Crippen LogP contribution in [0, 0.1) is 0 Å². The summed E-state index contributed by atoms with van der Waals surface area (Å²) in [6.07, 6.45) is 2.55. The van der Waals surface area contributed by atoms with Crippen LogP contribution in [-0.4, -0.2) is 31.0 Å². The number of nitrogens with one attached hydrogen (secondary N) is 2. The molecule has 1 atom stereocenters. The van der Waals surface area contributed by atoms with Crippen LogP contribution in [0.3, 0.4) is 0 Å². The maximum absolute atomic E-state index is 5.53. The van der Waals surface area contributed by atoms with Crippen molar-refractivity contribution in [2.75, 3.05) is 25.1 Å². The third-order valence-electron chi connectivity index (χ3n) is 2.94. The number of hydrogen-bond acceptors (Lipinski definition) is 3. The second kappa shape index (κ2) is 7.31. The number of benzene rings is 1. The molecule has 0 saturated carbocycles. The molecule has 1 saturated heterocycles. The van der Waals surface area contributed by atoms with Gasteiger partial charge in [-0.25, -0.2) is 0 Å². The molecule has 1 aliphatic heterocycles. The minimum atomic E-state index is 0.292. The molecule has 0 bridgehead atoms. The highest BCUT2D eigenvalue weighted by molar-refractivity contribution is 7.80. The molecule has 104 valence electrons. The highest BCUT2D eigenvalue weighted by Crippen LogP contribution is 2.15. The van der Waals surface area contributed by atoms with E-state index in [1.807, 2.05) is 31.2 Å². The topological polar surface area (TPSA) is 42.5 Å². The summed E-state index contributed by atoms with van der Waals surface area (Å²) < 4.78 is 10.9. The van der Waals surface area contributed by atoms with Gasteiger partial charge in [-0.1, -0.05) is 0 Å². The molecule has 2 N–H and O–H groups in total. The number of ether oxygens (including phenoxy) is 2. The molecule has 1 aromatic rings. The normalized spacial score (nSPS) is 18.1. The molecule has 2 rings (SSSR count). The van der Waals surface area contributed by atoms with Gasteiger partial charge in [0.1, 0.15) is 5.75 Å². The van der Waals surface area contributed by atoms with Crippen LogP contribution in [0.25, 0.3) is 0 Å². The second-order valence-electron chi connectivity index (χ2n) is 4.43. The quantitative estimate of drug-likeness (QED) is 0.811. The van der Waals surface area contributed by atoms with Crippen LogP contribution in [0.5, 0.6) is 5.75 Å². The van der Waals surface area contributed by atoms with Gasteiger partial charge in [0.2, 0.25) is 0 Å². The van der Waals surface area contributed by atoms with E-state index in [9.17, 15) is 0 Å². The lowest BCUT2D eigenvalue weighted by Gasteiger charge is -2.14. The molecule has 5 heteroatoms. The Morgan fingerprint density at radius 2 is 2.21 bits per heavy atom. The van der Waals surface area contributed by atoms with Gasteiger partial charge in [-0.2, -0.15) is 0 Å². The first-order chi connectivity index (χ1) is 9.28. The fourth-order valence-electron chi connectivity index (χ4n) is 1.99. The molecule has 1 fully saturated rings. The zero-order chi connectivity index (χ0) is 13.5. The first kappa shape index (κ1) is 14.1. The minimum Gasteiger partial charge on any atom is -0.494 e. The zero-order valence-corrected chi connectivity index (χ0v) is 12.0. The smallest absolute Gasteiger partial charge is 0.170 e. The number of rotatable bonds is 5. The van der Waals surface area contributed by atoms with Crippen LogP contribution in [0.2, 0.25) is 0 Å². The predicted octanol–water partition coefficient (Wildman–Crippen LogP) is 2.55. The molecule has 0 aliphatic carbocycles. The summed E-state index contributed by atoms with van der Waals surface area (Å²) in [5, 5.41) is 6.95. The van der Waals surface area contributed by atoms with Crippen molar-refractivity contribution in [2.24, 2.45) is 0 Å². The van der Waals surface area contributed by atoms with Crippen LogP contribution >= 0.6 is 12.2 Å². The third kappa shape index (κ3) is 4.69. The summed E-state index contributed by atoms with van der Waals surface area (Å²) in [4.78, 5) is 0. The van der Waals surface area contributed by atoms with E-state index in [4.69, 9.17) is 21.7 Å². The van der Waals surface area contributed by atoms with Crippen LogP contribution in [0.1, 0.15) is 19.8 Å². The summed E-state index contributed by atoms with van der Waals surface area (Å²) in [5.74, 6) is 0.867. The van der Waals surface area contributed by atoms with E-state index in [0.29, 0.717) is 17.8 Å². The molecule has 4 nitrogen and oxygen atoms in total. The number of anilines is 1. The van der Waals surface area contributed by atoms with Gasteiger partial charge in [-0.05, 0) is 56.2 Å². The predicted molar refractivity (Wildman–Crippen MR) is 80.8 cm³/mol. The van der Waals surface area contributed by atoms with Crippen molar-refractivity contribution in [3.8, 4) is 5.75 Å². The molecule has 0 unspecified atom stereocenters. The molecule has 1 aromatic carbocycles. The fraction of sp³-hybridized carbons (Fsp3) is 0.500. The zero-order valence-electron chi connectivity index (χ0n) is 11.1. The molecule has 1 aliphatic rings. The van der Waals surface area contributed by atoms with Gasteiger partial charge < -0.3 is 20.1 Å². The standard InChI is InChI=1S/C14H20N2O2S/c1-2-17-12-7-5-11(6-8-12)16-14(19)15-10-13-4-3-9-18-13/h5-8,13H,2-4,9-10H2,1H3,(H2,15,16,19)/t13-/m1/s1. The van der Waals surface area contributed by atoms with Gasteiger partial charge in [0.05, 0.1) is 12.7 Å². The second-order valence-corrected chi connectivity index (χ2v) is 4.84. The number of thiocarbonyl (C=S) groups is 1. The Kier molecular flexibility index (Phi) is 5.42. The van der Waals surface area contributed by atoms with Crippen molar-refractivity contribution < 1.29 is 9.47 Å². The fourth-order valence-corrected chi connectivity index (χ4v) is 2.19. The van der Waals surface area contributed by atoms with Gasteiger partial charge in [0.15, 0.2) is 5.11 Å². The lowest BCUT2D eigenvalue weighted by molar-refractivity contribution is 0.114. The highest BCUT2D eigenvalue weighted by atomic mass is 32.1. The Morgan fingerprint density at radius 3 is 2.84 bits per heavy atom. The molecule has 19 heavy (non-hydrogen) atoms. The van der Waals surface area contributed by atoms with Gasteiger partial charge in [0, 0.05) is 18.8 Å². The minimum absolute atomic E-state index is 0.292. The number of hydrogen-bond donors (Lipinski definition) is 2. The van der Waals surface area contributed by atoms with Crippen molar-refractivity contribution in [2.45, 2.75) is 25.9 Å². The Morgan fingerprint density at radius 1 is 1.42 bits per heavy atom. The highest BCUT2D eigenvalue weighted by Gasteiger charge is 2.15. The Balaban J connectivity index is 1.74. The van der Waals surface area contributed by atoms with Crippen LogP contribution in [0.4, 0.5) is 5.69 Å². The van der Waals surface area contributed by atoms with E-state index in [0.717, 1.165) is 37.4 Å². The van der Waals surface area contributed by atoms with Crippen molar-refractivity contribution >= 4 is 23.0 Å². The van der Waals surface area contributed by atoms with E-state index in [1.54, 1.807) is 0 Å². The first-order valence-electron chi connectivity index (χ1n) is 6.67. The molecular formula is C14H20N2O2S. The molecule has 0 radical (unpaired) electrons. The monoisotopic (exact) mass is 280 g/mol. The van der Waals surface area contributed by atoms with Crippen LogP contribution < -0.4 is 15.4 Å². The van der Waals surface area contributed by atoms with Gasteiger partial charge in [-0.15, -0.1) is 0 Å². The van der Waals surface area contributed by atoms with E-state index in [1.165, 1.54) is 0 Å². The summed E-state index contributed by atoms with van der Waals surface area (Å²) >= 11 is 5.25. The maximum atomic E-state index is 5.53. The lowest BCUT2D eigenvalue weighted by Crippen LogP contribution is -2.34. The summed E-state index contributed by atoms with van der Waals surface area (Å²) in [6, 6.07) is 7.75. The third-order valence-corrected chi connectivity index (χ3v) is 3.18. The van der Waals surface area contributed by atoms with Gasteiger partial charge >= 0.3 is 0 Å². The molecule has 0 aromatic heterocycles. The van der Waals surface area contributed by atoms with Gasteiger partial charge in [-0.3, -0.25) is 0 Å². The summed E-state index contributed by atoms with van der Waals surface area (Å²) in [6.45, 7) is 4.28. The summed E-state index contributed by atoms with van der Waals surface area (Å²) in [5.41, 5.74) is 0.952. The van der Waals surface area contributed by atoms with Crippen molar-refractivity contribution in [3.63, 3.8) is 0 Å². The van der Waals surface area contributed by atoms with E-state index < -0.39 is 0 Å². The molecule has 0 spiro atoms. The average molecular weight is 280 g/mol. The van der Waals surface area contributed by atoms with Crippen LogP contribution in [0.15, 0.2) is 24.3 Å². The Labute approximate surface area is 119 Å². The van der Waals surface area contributed by atoms with E-state index in [-0.39, 0.29) is 0 Å². The lowest BCUT2D eigenvalue weighted by atomic mass is 10.2. The molecule has 0 amide bonds. The van der Waals surface area contributed by atoms with E-state index in [2.05, 4.69) is 10.6 Å². The van der Waals surface area contributed by atoms with Crippen LogP contribution in [-0.2, 0) is 4.74 Å². The SMILES string of the molecule is CCOc1ccc(NC(=S)NC[C@H]2CCCO2)cc1. The Hall–Kier alpha value is -1.33. The van der Waals surface area contributed by atoms with Gasteiger partial charge in [0.25, 0.3) is 0 Å². The molecule has 1 heterocycles. The Bertz CT molecular complexity index is 402.